The highest BCUT2D eigenvalue weighted by molar-refractivity contribution is 8.01. The van der Waals surface area contributed by atoms with Crippen molar-refractivity contribution in [2.45, 2.75) is 25.0 Å². The fraction of sp³-hybridized carbons (Fsp3) is 0.500. The summed E-state index contributed by atoms with van der Waals surface area (Å²) in [6, 6.07) is 9.65. The van der Waals surface area contributed by atoms with E-state index in [2.05, 4.69) is 5.16 Å². The van der Waals surface area contributed by atoms with Crippen molar-refractivity contribution in [3.05, 3.63) is 30.3 Å². The third-order valence-corrected chi connectivity index (χ3v) is 4.87. The van der Waals surface area contributed by atoms with E-state index in [0.29, 0.717) is 24.7 Å². The van der Waals surface area contributed by atoms with Crippen molar-refractivity contribution in [2.75, 3.05) is 19.0 Å². The molecule has 0 amide bonds. The highest BCUT2D eigenvalue weighted by atomic mass is 32.2. The molecule has 2 unspecified atom stereocenters. The number of carbonyl (C=O) groups excluding carboxylic acids is 1. The first kappa shape index (κ1) is 16.7. The molecule has 1 saturated heterocycles. The topological polar surface area (TPSA) is 68.1 Å². The van der Waals surface area contributed by atoms with E-state index in [9.17, 15) is 10.0 Å². The van der Waals surface area contributed by atoms with Crippen molar-refractivity contribution in [2.24, 2.45) is 11.1 Å². The molecule has 0 radical (unpaired) electrons. The molecule has 6 heteroatoms. The Labute approximate surface area is 134 Å². The Bertz CT molecular complexity index is 506. The summed E-state index contributed by atoms with van der Waals surface area (Å²) in [5, 5.41) is 12.6. The zero-order chi connectivity index (χ0) is 15.8. The smallest absolute Gasteiger partial charge is 0.315 e. The molecular weight excluding hydrogens is 302 g/mol. The van der Waals surface area contributed by atoms with Gasteiger partial charge >= 0.3 is 5.97 Å². The summed E-state index contributed by atoms with van der Waals surface area (Å²) >= 11 is 1.64. The Hall–Kier alpha value is -1.69. The van der Waals surface area contributed by atoms with Gasteiger partial charge in [0.05, 0.1) is 18.9 Å². The average molecular weight is 323 g/mol. The van der Waals surface area contributed by atoms with Crippen LogP contribution in [0.4, 0.5) is 0 Å². The van der Waals surface area contributed by atoms with Crippen molar-refractivity contribution in [1.29, 1.82) is 0 Å². The van der Waals surface area contributed by atoms with E-state index < -0.39 is 5.92 Å². The second-order valence-corrected chi connectivity index (χ2v) is 6.19. The number of hydrogen-bond acceptors (Lipinski definition) is 6. The van der Waals surface area contributed by atoms with Gasteiger partial charge in [0.1, 0.15) is 11.7 Å². The molecule has 0 aliphatic carbocycles. The van der Waals surface area contributed by atoms with Crippen molar-refractivity contribution in [1.82, 2.24) is 0 Å². The first-order valence-corrected chi connectivity index (χ1v) is 8.49. The van der Waals surface area contributed by atoms with Gasteiger partial charge in [0.15, 0.2) is 0 Å². The molecule has 5 nitrogen and oxygen atoms in total. The molecule has 2 rings (SSSR count). The largest absolute Gasteiger partial charge is 0.494 e. The number of rotatable bonds is 7. The van der Waals surface area contributed by atoms with Gasteiger partial charge in [0.25, 0.3) is 0 Å². The first-order valence-electron chi connectivity index (χ1n) is 7.44. The molecule has 1 aromatic rings. The monoisotopic (exact) mass is 323 g/mol. The van der Waals surface area contributed by atoms with Crippen LogP contribution in [0.1, 0.15) is 19.8 Å². The lowest BCUT2D eigenvalue weighted by atomic mass is 10.0. The van der Waals surface area contributed by atoms with Crippen LogP contribution in [0.3, 0.4) is 0 Å². The molecule has 120 valence electrons. The second-order valence-electron chi connectivity index (χ2n) is 4.96. The summed E-state index contributed by atoms with van der Waals surface area (Å²) in [5.41, 5.74) is 0.531. The SMILES string of the molecule is CCOC(=O)C1CSC(CCCOc2ccccc2)/C1=N\O. The molecule has 1 aliphatic heterocycles. The van der Waals surface area contributed by atoms with Crippen LogP contribution in [-0.2, 0) is 9.53 Å². The van der Waals surface area contributed by atoms with Gasteiger partial charge in [-0.1, -0.05) is 23.4 Å². The molecule has 0 aromatic heterocycles. The van der Waals surface area contributed by atoms with Gasteiger partial charge in [-0.15, -0.1) is 0 Å². The lowest BCUT2D eigenvalue weighted by molar-refractivity contribution is -0.144. The van der Waals surface area contributed by atoms with Crippen LogP contribution in [-0.4, -0.2) is 41.1 Å². The predicted molar refractivity (Wildman–Crippen MR) is 86.8 cm³/mol. The Balaban J connectivity index is 1.77. The molecular formula is C16H21NO4S. The Morgan fingerprint density at radius 1 is 1.41 bits per heavy atom. The summed E-state index contributed by atoms with van der Waals surface area (Å²) in [6.45, 7) is 2.71. The second kappa shape index (κ2) is 8.68. The average Bonchev–Trinajstić information content (AvgIpc) is 2.96. The number of esters is 1. The fourth-order valence-electron chi connectivity index (χ4n) is 2.38. The van der Waals surface area contributed by atoms with Crippen molar-refractivity contribution >= 4 is 23.4 Å². The normalized spacial score (nSPS) is 22.7. The van der Waals surface area contributed by atoms with Gasteiger partial charge in [-0.2, -0.15) is 11.8 Å². The molecule has 1 aromatic carbocycles. The summed E-state index contributed by atoms with van der Waals surface area (Å²) in [5.74, 6) is 0.741. The molecule has 2 atom stereocenters. The molecule has 0 bridgehead atoms. The lowest BCUT2D eigenvalue weighted by Crippen LogP contribution is -2.28. The van der Waals surface area contributed by atoms with Crippen LogP contribution in [0.5, 0.6) is 5.75 Å². The van der Waals surface area contributed by atoms with Gasteiger partial charge in [-0.25, -0.2) is 0 Å². The Kier molecular flexibility index (Phi) is 6.58. The number of oxime groups is 1. The van der Waals surface area contributed by atoms with E-state index in [1.165, 1.54) is 0 Å². The van der Waals surface area contributed by atoms with Crippen LogP contribution in [0.25, 0.3) is 0 Å². The zero-order valence-electron chi connectivity index (χ0n) is 12.6. The number of para-hydroxylation sites is 1. The van der Waals surface area contributed by atoms with Gasteiger partial charge in [-0.3, -0.25) is 4.79 Å². The number of carbonyl (C=O) groups is 1. The molecule has 1 heterocycles. The van der Waals surface area contributed by atoms with E-state index in [4.69, 9.17) is 9.47 Å². The molecule has 0 saturated carbocycles. The van der Waals surface area contributed by atoms with E-state index in [-0.39, 0.29) is 11.2 Å². The van der Waals surface area contributed by atoms with Crippen molar-refractivity contribution < 1.29 is 19.5 Å². The highest BCUT2D eigenvalue weighted by Gasteiger charge is 2.38. The molecule has 0 spiro atoms. The van der Waals surface area contributed by atoms with Gasteiger partial charge in [0, 0.05) is 11.0 Å². The Morgan fingerprint density at radius 3 is 2.86 bits per heavy atom. The first-order chi connectivity index (χ1) is 10.8. The fourth-order valence-corrected chi connectivity index (χ4v) is 3.83. The van der Waals surface area contributed by atoms with E-state index in [1.54, 1.807) is 18.7 Å². The minimum atomic E-state index is -0.421. The van der Waals surface area contributed by atoms with Crippen LogP contribution < -0.4 is 4.74 Å². The lowest BCUT2D eigenvalue weighted by Gasteiger charge is -2.12. The van der Waals surface area contributed by atoms with E-state index in [1.807, 2.05) is 30.3 Å². The predicted octanol–water partition coefficient (Wildman–Crippen LogP) is 2.97. The summed E-state index contributed by atoms with van der Waals surface area (Å²) in [4.78, 5) is 11.8. The van der Waals surface area contributed by atoms with E-state index in [0.717, 1.165) is 18.6 Å². The highest BCUT2D eigenvalue weighted by Crippen LogP contribution is 2.33. The van der Waals surface area contributed by atoms with Crippen LogP contribution in [0.2, 0.25) is 0 Å². The van der Waals surface area contributed by atoms with Crippen LogP contribution in [0.15, 0.2) is 35.5 Å². The maximum atomic E-state index is 11.8. The minimum Gasteiger partial charge on any atom is -0.494 e. The quantitative estimate of drug-likeness (QED) is 0.362. The molecule has 22 heavy (non-hydrogen) atoms. The van der Waals surface area contributed by atoms with Gasteiger partial charge in [-0.05, 0) is 31.9 Å². The number of thioether (sulfide) groups is 1. The maximum absolute atomic E-state index is 11.8. The molecule has 1 fully saturated rings. The van der Waals surface area contributed by atoms with E-state index >= 15 is 0 Å². The summed E-state index contributed by atoms with van der Waals surface area (Å²) in [7, 11) is 0. The van der Waals surface area contributed by atoms with Crippen molar-refractivity contribution in [3.8, 4) is 5.75 Å². The maximum Gasteiger partial charge on any atom is 0.315 e. The van der Waals surface area contributed by atoms with Crippen LogP contribution >= 0.6 is 11.8 Å². The Morgan fingerprint density at radius 2 is 2.18 bits per heavy atom. The standard InChI is InChI=1S/C16H21NO4S/c1-2-20-16(18)13-11-22-14(15(13)17-19)9-6-10-21-12-7-4-3-5-8-12/h3-5,7-8,13-14,19H,2,6,9-11H2,1H3/b17-15-. The summed E-state index contributed by atoms with van der Waals surface area (Å²) < 4.78 is 10.7. The number of ether oxygens (including phenoxy) is 2. The third-order valence-electron chi connectivity index (χ3n) is 3.46. The zero-order valence-corrected chi connectivity index (χ0v) is 13.4. The minimum absolute atomic E-state index is 0.0544. The van der Waals surface area contributed by atoms with Crippen molar-refractivity contribution in [3.63, 3.8) is 0 Å². The van der Waals surface area contributed by atoms with Gasteiger partial charge in [0.2, 0.25) is 0 Å². The van der Waals surface area contributed by atoms with Crippen LogP contribution in [0, 0.1) is 5.92 Å². The van der Waals surface area contributed by atoms with Gasteiger partial charge < -0.3 is 14.7 Å². The summed E-state index contributed by atoms with van der Waals surface area (Å²) in [6.07, 6.45) is 1.65. The molecule has 1 aliphatic rings. The number of hydrogen-bond donors (Lipinski definition) is 1. The molecule has 1 N–H and O–H groups in total. The number of benzene rings is 1. The third kappa shape index (κ3) is 4.40. The number of nitrogens with zero attached hydrogens (tertiary/aromatic N) is 1.